The van der Waals surface area contributed by atoms with Gasteiger partial charge < -0.3 is 16.0 Å². The van der Waals surface area contributed by atoms with Crippen LogP contribution in [0.25, 0.3) is 0 Å². The lowest BCUT2D eigenvalue weighted by atomic mass is 10.2. The number of nitrogens with one attached hydrogen (secondary N) is 1. The standard InChI is InChI=1S/C12H22N6S/c1-3-18(4-2)12-16-10(13)15-11(17-12)14-9-6-5-7-19-8-9/h9H,3-8H2,1-2H3,(H3,13,14,15,16,17). The maximum atomic E-state index is 5.78. The Bertz CT molecular complexity index is 403. The predicted molar refractivity (Wildman–Crippen MR) is 81.8 cm³/mol. The van der Waals surface area contributed by atoms with Gasteiger partial charge >= 0.3 is 0 Å². The molecule has 106 valence electrons. The molecule has 2 rings (SSSR count). The van der Waals surface area contributed by atoms with Crippen LogP contribution in [0.15, 0.2) is 0 Å². The molecule has 1 aromatic heterocycles. The Labute approximate surface area is 118 Å². The van der Waals surface area contributed by atoms with Crippen LogP contribution in [0, 0.1) is 0 Å². The molecule has 0 amide bonds. The Morgan fingerprint density at radius 3 is 2.74 bits per heavy atom. The second-order valence-corrected chi connectivity index (χ2v) is 5.70. The van der Waals surface area contributed by atoms with Crippen LogP contribution in [0.3, 0.4) is 0 Å². The van der Waals surface area contributed by atoms with Gasteiger partial charge in [0.2, 0.25) is 17.8 Å². The van der Waals surface area contributed by atoms with Crippen LogP contribution in [0.5, 0.6) is 0 Å². The quantitative estimate of drug-likeness (QED) is 0.849. The van der Waals surface area contributed by atoms with Gasteiger partial charge in [0.05, 0.1) is 0 Å². The summed E-state index contributed by atoms with van der Waals surface area (Å²) in [6, 6.07) is 0.435. The number of aromatic nitrogens is 3. The number of nitrogen functional groups attached to an aromatic ring is 1. The predicted octanol–water partition coefficient (Wildman–Crippen LogP) is 1.61. The van der Waals surface area contributed by atoms with E-state index < -0.39 is 0 Å². The van der Waals surface area contributed by atoms with Gasteiger partial charge in [-0.2, -0.15) is 26.7 Å². The SMILES string of the molecule is CCN(CC)c1nc(N)nc(NC2CCCSC2)n1. The number of thioether (sulfide) groups is 1. The van der Waals surface area contributed by atoms with E-state index in [1.165, 1.54) is 18.6 Å². The van der Waals surface area contributed by atoms with Crippen LogP contribution < -0.4 is 16.0 Å². The molecule has 1 aromatic rings. The molecule has 1 saturated heterocycles. The summed E-state index contributed by atoms with van der Waals surface area (Å²) in [4.78, 5) is 14.9. The summed E-state index contributed by atoms with van der Waals surface area (Å²) in [6.07, 6.45) is 2.41. The van der Waals surface area contributed by atoms with E-state index in [-0.39, 0.29) is 5.95 Å². The van der Waals surface area contributed by atoms with Crippen molar-refractivity contribution in [3.8, 4) is 0 Å². The van der Waals surface area contributed by atoms with Crippen LogP contribution in [-0.2, 0) is 0 Å². The lowest BCUT2D eigenvalue weighted by Gasteiger charge is -2.23. The van der Waals surface area contributed by atoms with Gasteiger partial charge in [-0.15, -0.1) is 0 Å². The normalized spacial score (nSPS) is 19.2. The van der Waals surface area contributed by atoms with Gasteiger partial charge in [0.15, 0.2) is 0 Å². The van der Waals surface area contributed by atoms with Crippen molar-refractivity contribution in [2.75, 3.05) is 40.5 Å². The van der Waals surface area contributed by atoms with E-state index >= 15 is 0 Å². The smallest absolute Gasteiger partial charge is 0.231 e. The number of rotatable bonds is 5. The van der Waals surface area contributed by atoms with Crippen molar-refractivity contribution in [3.63, 3.8) is 0 Å². The summed E-state index contributed by atoms with van der Waals surface area (Å²) in [5, 5.41) is 3.38. The molecule has 0 aliphatic carbocycles. The first kappa shape index (κ1) is 14.2. The Hall–Kier alpha value is -1.24. The van der Waals surface area contributed by atoms with Crippen molar-refractivity contribution in [1.29, 1.82) is 0 Å². The lowest BCUT2D eigenvalue weighted by molar-refractivity contribution is 0.677. The fourth-order valence-electron chi connectivity index (χ4n) is 2.13. The molecule has 0 spiro atoms. The molecule has 2 heterocycles. The van der Waals surface area contributed by atoms with Gasteiger partial charge in [0.25, 0.3) is 0 Å². The van der Waals surface area contributed by atoms with Gasteiger partial charge in [0, 0.05) is 24.9 Å². The molecule has 1 aliphatic rings. The summed E-state index contributed by atoms with van der Waals surface area (Å²) >= 11 is 1.97. The van der Waals surface area contributed by atoms with E-state index in [2.05, 4.69) is 39.0 Å². The molecule has 0 saturated carbocycles. The van der Waals surface area contributed by atoms with Crippen molar-refractivity contribution in [3.05, 3.63) is 0 Å². The van der Waals surface area contributed by atoms with Gasteiger partial charge in [0.1, 0.15) is 0 Å². The topological polar surface area (TPSA) is 80.0 Å². The molecule has 0 bridgehead atoms. The van der Waals surface area contributed by atoms with Gasteiger partial charge in [-0.25, -0.2) is 0 Å². The average molecular weight is 282 g/mol. The van der Waals surface area contributed by atoms with Crippen LogP contribution in [0.1, 0.15) is 26.7 Å². The second-order valence-electron chi connectivity index (χ2n) is 4.55. The minimum atomic E-state index is 0.280. The monoisotopic (exact) mass is 282 g/mol. The van der Waals surface area contributed by atoms with E-state index in [0.29, 0.717) is 17.9 Å². The number of nitrogens with zero attached hydrogens (tertiary/aromatic N) is 4. The average Bonchev–Trinajstić information content (AvgIpc) is 2.40. The maximum Gasteiger partial charge on any atom is 0.231 e. The molecular weight excluding hydrogens is 260 g/mol. The van der Waals surface area contributed by atoms with Gasteiger partial charge in [-0.1, -0.05) is 0 Å². The third-order valence-corrected chi connectivity index (χ3v) is 4.40. The summed E-state index contributed by atoms with van der Waals surface area (Å²) in [6.45, 7) is 5.88. The molecule has 7 heteroatoms. The van der Waals surface area contributed by atoms with E-state index in [0.717, 1.165) is 18.8 Å². The highest BCUT2D eigenvalue weighted by Gasteiger charge is 2.16. The van der Waals surface area contributed by atoms with Crippen molar-refractivity contribution in [2.45, 2.75) is 32.7 Å². The minimum Gasteiger partial charge on any atom is -0.368 e. The molecule has 1 fully saturated rings. The Balaban J connectivity index is 2.11. The molecule has 3 N–H and O–H groups in total. The first-order valence-electron chi connectivity index (χ1n) is 6.83. The zero-order valence-corrected chi connectivity index (χ0v) is 12.4. The van der Waals surface area contributed by atoms with Crippen molar-refractivity contribution in [2.24, 2.45) is 0 Å². The molecule has 6 nitrogen and oxygen atoms in total. The summed E-state index contributed by atoms with van der Waals surface area (Å²) in [5.41, 5.74) is 5.78. The van der Waals surface area contributed by atoms with Crippen LogP contribution >= 0.6 is 11.8 Å². The number of anilines is 3. The first-order chi connectivity index (χ1) is 9.22. The Kier molecular flexibility index (Phi) is 5.07. The number of nitrogens with two attached hydrogens (primary N) is 1. The van der Waals surface area contributed by atoms with Gasteiger partial charge in [-0.3, -0.25) is 0 Å². The molecule has 1 aliphatic heterocycles. The highest BCUT2D eigenvalue weighted by molar-refractivity contribution is 7.99. The van der Waals surface area contributed by atoms with E-state index in [9.17, 15) is 0 Å². The maximum absolute atomic E-state index is 5.78. The molecular formula is C12H22N6S. The lowest BCUT2D eigenvalue weighted by Crippen LogP contribution is -2.29. The van der Waals surface area contributed by atoms with Crippen LogP contribution in [-0.4, -0.2) is 45.6 Å². The first-order valence-corrected chi connectivity index (χ1v) is 7.99. The molecule has 1 unspecified atom stereocenters. The zero-order chi connectivity index (χ0) is 13.7. The molecule has 0 aromatic carbocycles. The second kappa shape index (κ2) is 6.79. The van der Waals surface area contributed by atoms with Crippen molar-refractivity contribution >= 4 is 29.6 Å². The van der Waals surface area contributed by atoms with Gasteiger partial charge in [-0.05, 0) is 32.4 Å². The minimum absolute atomic E-state index is 0.280. The molecule has 19 heavy (non-hydrogen) atoms. The highest BCUT2D eigenvalue weighted by atomic mass is 32.2. The zero-order valence-electron chi connectivity index (χ0n) is 11.6. The fraction of sp³-hybridized carbons (Fsp3) is 0.750. The Morgan fingerprint density at radius 1 is 1.32 bits per heavy atom. The van der Waals surface area contributed by atoms with E-state index in [1.54, 1.807) is 0 Å². The third-order valence-electron chi connectivity index (χ3n) is 3.18. The summed E-state index contributed by atoms with van der Waals surface area (Å²) < 4.78 is 0. The molecule has 1 atom stereocenters. The van der Waals surface area contributed by atoms with Crippen molar-refractivity contribution in [1.82, 2.24) is 15.0 Å². The van der Waals surface area contributed by atoms with E-state index in [1.807, 2.05) is 11.8 Å². The summed E-state index contributed by atoms with van der Waals surface area (Å²) in [5.74, 6) is 3.89. The highest BCUT2D eigenvalue weighted by Crippen LogP contribution is 2.20. The van der Waals surface area contributed by atoms with Crippen LogP contribution in [0.4, 0.5) is 17.8 Å². The number of hydrogen-bond donors (Lipinski definition) is 2. The number of hydrogen-bond acceptors (Lipinski definition) is 7. The largest absolute Gasteiger partial charge is 0.368 e. The third kappa shape index (κ3) is 3.86. The van der Waals surface area contributed by atoms with Crippen LogP contribution in [0.2, 0.25) is 0 Å². The fourth-order valence-corrected chi connectivity index (χ4v) is 3.20. The van der Waals surface area contributed by atoms with Crippen molar-refractivity contribution < 1.29 is 0 Å². The van der Waals surface area contributed by atoms with E-state index in [4.69, 9.17) is 5.73 Å². The molecule has 0 radical (unpaired) electrons. The summed E-state index contributed by atoms with van der Waals surface area (Å²) in [7, 11) is 0. The Morgan fingerprint density at radius 2 is 2.11 bits per heavy atom.